The number of hydrogen-bond acceptors (Lipinski definition) is 5. The van der Waals surface area contributed by atoms with Crippen molar-refractivity contribution in [3.05, 3.63) is 41.8 Å². The van der Waals surface area contributed by atoms with Gasteiger partial charge < -0.3 is 14.2 Å². The lowest BCUT2D eigenvalue weighted by molar-refractivity contribution is 0.0697. The molecular formula is C13H12N4O3. The Morgan fingerprint density at radius 2 is 2.30 bits per heavy atom. The van der Waals surface area contributed by atoms with Gasteiger partial charge in [-0.3, -0.25) is 0 Å². The molecule has 0 bridgehead atoms. The largest absolute Gasteiger partial charge is 0.478 e. The van der Waals surface area contributed by atoms with Gasteiger partial charge in [-0.2, -0.15) is 4.98 Å². The second-order valence-electron chi connectivity index (χ2n) is 4.43. The maximum absolute atomic E-state index is 10.9. The fraction of sp³-hybridized carbons (Fsp3) is 0.231. The van der Waals surface area contributed by atoms with Crippen LogP contribution >= 0.6 is 0 Å². The number of carboxylic acid groups (broad SMARTS) is 1. The fourth-order valence-electron chi connectivity index (χ4n) is 2.03. The van der Waals surface area contributed by atoms with E-state index in [0.29, 0.717) is 30.2 Å². The summed E-state index contributed by atoms with van der Waals surface area (Å²) in [6.07, 6.45) is 2.28. The summed E-state index contributed by atoms with van der Waals surface area (Å²) in [6, 6.07) is 4.88. The monoisotopic (exact) mass is 272 g/mol. The Labute approximate surface area is 113 Å². The van der Waals surface area contributed by atoms with Crippen LogP contribution in [-0.2, 0) is 13.0 Å². The van der Waals surface area contributed by atoms with Crippen LogP contribution in [0.3, 0.4) is 0 Å². The van der Waals surface area contributed by atoms with Crippen molar-refractivity contribution in [3.8, 4) is 0 Å². The maximum Gasteiger partial charge on any atom is 0.335 e. The van der Waals surface area contributed by atoms with Gasteiger partial charge in [-0.15, -0.1) is 0 Å². The van der Waals surface area contributed by atoms with Gasteiger partial charge >= 0.3 is 5.97 Å². The van der Waals surface area contributed by atoms with Crippen LogP contribution in [0.2, 0.25) is 0 Å². The molecule has 3 rings (SSSR count). The fourth-order valence-corrected chi connectivity index (χ4v) is 2.03. The van der Waals surface area contributed by atoms with Gasteiger partial charge in [0.1, 0.15) is 0 Å². The molecule has 0 aliphatic heterocycles. The lowest BCUT2D eigenvalue weighted by atomic mass is 10.2. The van der Waals surface area contributed by atoms with Crippen molar-refractivity contribution in [2.24, 2.45) is 0 Å². The molecule has 7 heteroatoms. The smallest absolute Gasteiger partial charge is 0.335 e. The van der Waals surface area contributed by atoms with E-state index in [0.717, 1.165) is 5.52 Å². The number of rotatable bonds is 4. The third-order valence-corrected chi connectivity index (χ3v) is 3.00. The molecule has 2 heterocycles. The number of aromatic carboxylic acids is 1. The number of carboxylic acids is 1. The van der Waals surface area contributed by atoms with Crippen molar-refractivity contribution in [2.75, 3.05) is 0 Å². The van der Waals surface area contributed by atoms with E-state index in [1.807, 2.05) is 4.57 Å². The summed E-state index contributed by atoms with van der Waals surface area (Å²) in [5.41, 5.74) is 1.77. The summed E-state index contributed by atoms with van der Waals surface area (Å²) in [5.74, 6) is 0.232. The van der Waals surface area contributed by atoms with Gasteiger partial charge in [-0.25, -0.2) is 9.78 Å². The SMILES string of the molecule is Cc1noc(CCn2cnc3cc(C(=O)O)ccc32)n1. The summed E-state index contributed by atoms with van der Waals surface area (Å²) in [7, 11) is 0. The van der Waals surface area contributed by atoms with Gasteiger partial charge in [-0.1, -0.05) is 5.16 Å². The summed E-state index contributed by atoms with van der Waals surface area (Å²) >= 11 is 0. The molecular weight excluding hydrogens is 260 g/mol. The van der Waals surface area contributed by atoms with Crippen molar-refractivity contribution in [1.82, 2.24) is 19.7 Å². The molecule has 3 aromatic rings. The Morgan fingerprint density at radius 1 is 1.45 bits per heavy atom. The van der Waals surface area contributed by atoms with E-state index in [9.17, 15) is 4.79 Å². The first-order valence-corrected chi connectivity index (χ1v) is 6.11. The predicted octanol–water partition coefficient (Wildman–Crippen LogP) is 1.67. The molecule has 102 valence electrons. The van der Waals surface area contributed by atoms with Gasteiger partial charge in [0.2, 0.25) is 5.89 Å². The minimum absolute atomic E-state index is 0.232. The Hall–Kier alpha value is -2.70. The topological polar surface area (TPSA) is 94.0 Å². The maximum atomic E-state index is 10.9. The molecule has 0 saturated heterocycles. The molecule has 0 spiro atoms. The van der Waals surface area contributed by atoms with Crippen molar-refractivity contribution >= 4 is 17.0 Å². The quantitative estimate of drug-likeness (QED) is 0.776. The minimum Gasteiger partial charge on any atom is -0.478 e. The number of hydrogen-bond donors (Lipinski definition) is 1. The Morgan fingerprint density at radius 3 is 3.00 bits per heavy atom. The highest BCUT2D eigenvalue weighted by Crippen LogP contribution is 2.15. The van der Waals surface area contributed by atoms with Crippen LogP contribution in [-0.4, -0.2) is 30.8 Å². The third-order valence-electron chi connectivity index (χ3n) is 3.00. The highest BCUT2D eigenvalue weighted by atomic mass is 16.5. The lowest BCUT2D eigenvalue weighted by Gasteiger charge is -2.01. The van der Waals surface area contributed by atoms with Gasteiger partial charge in [0.05, 0.1) is 22.9 Å². The van der Waals surface area contributed by atoms with E-state index >= 15 is 0 Å². The number of nitrogens with zero attached hydrogens (tertiary/aromatic N) is 4. The van der Waals surface area contributed by atoms with Gasteiger partial charge in [0.15, 0.2) is 5.82 Å². The molecule has 0 amide bonds. The zero-order chi connectivity index (χ0) is 14.1. The first-order chi connectivity index (χ1) is 9.63. The summed E-state index contributed by atoms with van der Waals surface area (Å²) in [5, 5.41) is 12.7. The molecule has 0 aliphatic rings. The summed E-state index contributed by atoms with van der Waals surface area (Å²) < 4.78 is 6.98. The van der Waals surface area contributed by atoms with Crippen LogP contribution < -0.4 is 0 Å². The van der Waals surface area contributed by atoms with E-state index in [4.69, 9.17) is 9.63 Å². The second kappa shape index (κ2) is 4.76. The Bertz CT molecular complexity index is 775. The molecule has 1 N–H and O–H groups in total. The molecule has 0 unspecified atom stereocenters. The van der Waals surface area contributed by atoms with Gasteiger partial charge in [0, 0.05) is 13.0 Å². The molecule has 0 atom stereocenters. The van der Waals surface area contributed by atoms with Crippen LogP contribution in [0.4, 0.5) is 0 Å². The highest BCUT2D eigenvalue weighted by molar-refractivity contribution is 5.92. The zero-order valence-corrected chi connectivity index (χ0v) is 10.8. The van der Waals surface area contributed by atoms with E-state index in [1.165, 1.54) is 0 Å². The van der Waals surface area contributed by atoms with Gasteiger partial charge in [0.25, 0.3) is 0 Å². The van der Waals surface area contributed by atoms with Crippen molar-refractivity contribution in [2.45, 2.75) is 19.9 Å². The molecule has 2 aromatic heterocycles. The standard InChI is InChI=1S/C13H12N4O3/c1-8-15-12(20-16-8)4-5-17-7-14-10-6-9(13(18)19)2-3-11(10)17/h2-3,6-7H,4-5H2,1H3,(H,18,19). The Balaban J connectivity index is 1.83. The summed E-state index contributed by atoms with van der Waals surface area (Å²) in [4.78, 5) is 19.3. The Kier molecular flexibility index (Phi) is 2.94. The van der Waals surface area contributed by atoms with Gasteiger partial charge in [-0.05, 0) is 25.1 Å². The first-order valence-electron chi connectivity index (χ1n) is 6.11. The average molecular weight is 272 g/mol. The van der Waals surface area contributed by atoms with Crippen LogP contribution in [0, 0.1) is 6.92 Å². The molecule has 1 aromatic carbocycles. The normalized spacial score (nSPS) is 11.1. The average Bonchev–Trinajstić information content (AvgIpc) is 3.02. The number of aryl methyl sites for hydroxylation is 3. The molecule has 0 fully saturated rings. The summed E-state index contributed by atoms with van der Waals surface area (Å²) in [6.45, 7) is 2.41. The molecule has 0 saturated carbocycles. The minimum atomic E-state index is -0.956. The first kappa shape index (κ1) is 12.3. The molecule has 7 nitrogen and oxygen atoms in total. The van der Waals surface area contributed by atoms with Crippen molar-refractivity contribution in [1.29, 1.82) is 0 Å². The number of carbonyl (C=O) groups is 1. The van der Waals surface area contributed by atoms with Crippen LogP contribution in [0.5, 0.6) is 0 Å². The number of imidazole rings is 1. The molecule has 0 radical (unpaired) electrons. The lowest BCUT2D eigenvalue weighted by Crippen LogP contribution is -2.01. The van der Waals surface area contributed by atoms with Crippen LogP contribution in [0.15, 0.2) is 29.0 Å². The van der Waals surface area contributed by atoms with Crippen molar-refractivity contribution < 1.29 is 14.4 Å². The highest BCUT2D eigenvalue weighted by Gasteiger charge is 2.09. The van der Waals surface area contributed by atoms with Crippen LogP contribution in [0.25, 0.3) is 11.0 Å². The van der Waals surface area contributed by atoms with E-state index in [-0.39, 0.29) is 5.56 Å². The number of aromatic nitrogens is 4. The molecule has 20 heavy (non-hydrogen) atoms. The van der Waals surface area contributed by atoms with E-state index in [2.05, 4.69) is 15.1 Å². The number of benzene rings is 1. The zero-order valence-electron chi connectivity index (χ0n) is 10.8. The van der Waals surface area contributed by atoms with Crippen molar-refractivity contribution in [3.63, 3.8) is 0 Å². The second-order valence-corrected chi connectivity index (χ2v) is 4.43. The molecule has 0 aliphatic carbocycles. The van der Waals surface area contributed by atoms with E-state index < -0.39 is 5.97 Å². The van der Waals surface area contributed by atoms with E-state index in [1.54, 1.807) is 31.5 Å². The third kappa shape index (κ3) is 2.25. The number of fused-ring (bicyclic) bond motifs is 1. The van der Waals surface area contributed by atoms with Crippen LogP contribution in [0.1, 0.15) is 22.1 Å². The predicted molar refractivity (Wildman–Crippen MR) is 69.4 cm³/mol.